The van der Waals surface area contributed by atoms with Crippen molar-refractivity contribution < 1.29 is 9.53 Å². The summed E-state index contributed by atoms with van der Waals surface area (Å²) in [5, 5.41) is 5.57. The number of hydrogen-bond acceptors (Lipinski definition) is 4. The quantitative estimate of drug-likeness (QED) is 0.856. The van der Waals surface area contributed by atoms with Gasteiger partial charge in [-0.05, 0) is 43.4 Å². The molecular formula is C18H22N4O2. The first-order chi connectivity index (χ1) is 11.8. The molecule has 6 heteroatoms. The van der Waals surface area contributed by atoms with Gasteiger partial charge in [0.1, 0.15) is 6.10 Å². The number of hydrogen-bond donors (Lipinski definition) is 2. The Labute approximate surface area is 141 Å². The van der Waals surface area contributed by atoms with Gasteiger partial charge >= 0.3 is 6.03 Å². The Kier molecular flexibility index (Phi) is 5.61. The first kappa shape index (κ1) is 16.2. The van der Waals surface area contributed by atoms with E-state index in [2.05, 4.69) is 20.6 Å². The van der Waals surface area contributed by atoms with Gasteiger partial charge in [-0.25, -0.2) is 9.78 Å². The number of carbonyl (C=O) groups excluding carboxylic acids is 1. The van der Waals surface area contributed by atoms with E-state index in [1.165, 1.54) is 12.8 Å². The van der Waals surface area contributed by atoms with E-state index < -0.39 is 0 Å². The van der Waals surface area contributed by atoms with Gasteiger partial charge in [0.15, 0.2) is 0 Å². The highest BCUT2D eigenvalue weighted by Crippen LogP contribution is 2.22. The van der Waals surface area contributed by atoms with Crippen LogP contribution in [-0.4, -0.2) is 22.1 Å². The molecule has 2 aromatic heterocycles. The minimum atomic E-state index is -0.230. The molecule has 126 valence electrons. The van der Waals surface area contributed by atoms with Crippen LogP contribution in [0.4, 0.5) is 4.79 Å². The van der Waals surface area contributed by atoms with E-state index >= 15 is 0 Å². The minimum absolute atomic E-state index is 0.230. The second kappa shape index (κ2) is 8.29. The third-order valence-electron chi connectivity index (χ3n) is 4.00. The summed E-state index contributed by atoms with van der Waals surface area (Å²) < 4.78 is 5.83. The van der Waals surface area contributed by atoms with Crippen LogP contribution in [0.1, 0.15) is 36.9 Å². The van der Waals surface area contributed by atoms with E-state index in [4.69, 9.17) is 4.74 Å². The highest BCUT2D eigenvalue weighted by molar-refractivity contribution is 5.73. The molecule has 0 bridgehead atoms. The largest absolute Gasteiger partial charge is 0.474 e. The van der Waals surface area contributed by atoms with E-state index in [0.29, 0.717) is 25.1 Å². The molecule has 2 heterocycles. The Bertz CT molecular complexity index is 640. The third-order valence-corrected chi connectivity index (χ3v) is 4.00. The molecule has 1 aliphatic carbocycles. The van der Waals surface area contributed by atoms with Gasteiger partial charge in [0.25, 0.3) is 0 Å². The van der Waals surface area contributed by atoms with E-state index in [0.717, 1.165) is 24.1 Å². The topological polar surface area (TPSA) is 76.1 Å². The summed E-state index contributed by atoms with van der Waals surface area (Å²) in [4.78, 5) is 20.3. The van der Waals surface area contributed by atoms with Crippen LogP contribution in [0.2, 0.25) is 0 Å². The molecule has 0 atom stereocenters. The van der Waals surface area contributed by atoms with Crippen molar-refractivity contribution >= 4 is 6.03 Å². The minimum Gasteiger partial charge on any atom is -0.474 e. The Balaban J connectivity index is 1.40. The van der Waals surface area contributed by atoms with Crippen molar-refractivity contribution in [3.63, 3.8) is 0 Å². The zero-order chi connectivity index (χ0) is 16.6. The van der Waals surface area contributed by atoms with E-state index in [1.54, 1.807) is 12.4 Å². The smallest absolute Gasteiger partial charge is 0.315 e. The van der Waals surface area contributed by atoms with Gasteiger partial charge < -0.3 is 15.4 Å². The highest BCUT2D eigenvalue weighted by Gasteiger charge is 2.16. The maximum Gasteiger partial charge on any atom is 0.315 e. The summed E-state index contributed by atoms with van der Waals surface area (Å²) in [7, 11) is 0. The predicted molar refractivity (Wildman–Crippen MR) is 90.4 cm³/mol. The Morgan fingerprint density at radius 1 is 1.08 bits per heavy atom. The van der Waals surface area contributed by atoms with Gasteiger partial charge in [-0.15, -0.1) is 0 Å². The summed E-state index contributed by atoms with van der Waals surface area (Å²) in [6, 6.07) is 9.16. The summed E-state index contributed by atoms with van der Waals surface area (Å²) in [6.07, 6.45) is 8.45. The average molecular weight is 326 g/mol. The number of aromatic nitrogens is 2. The van der Waals surface area contributed by atoms with Crippen LogP contribution in [0, 0.1) is 0 Å². The molecule has 2 aromatic rings. The van der Waals surface area contributed by atoms with Crippen molar-refractivity contribution in [1.29, 1.82) is 0 Å². The second-order valence-corrected chi connectivity index (χ2v) is 5.89. The van der Waals surface area contributed by atoms with Gasteiger partial charge in [0.2, 0.25) is 5.88 Å². The molecule has 1 aliphatic rings. The Morgan fingerprint density at radius 3 is 2.62 bits per heavy atom. The van der Waals surface area contributed by atoms with Crippen LogP contribution < -0.4 is 15.4 Å². The molecule has 0 aromatic carbocycles. The lowest BCUT2D eigenvalue weighted by molar-refractivity contribution is 0.201. The van der Waals surface area contributed by atoms with Crippen LogP contribution >= 0.6 is 0 Å². The molecule has 24 heavy (non-hydrogen) atoms. The highest BCUT2D eigenvalue weighted by atomic mass is 16.5. The van der Waals surface area contributed by atoms with E-state index in [1.807, 2.05) is 30.3 Å². The number of nitrogens with zero attached hydrogens (tertiary/aromatic N) is 2. The van der Waals surface area contributed by atoms with Crippen molar-refractivity contribution in [3.8, 4) is 5.88 Å². The molecule has 0 saturated heterocycles. The molecule has 2 amide bonds. The van der Waals surface area contributed by atoms with Gasteiger partial charge in [-0.3, -0.25) is 4.98 Å². The van der Waals surface area contributed by atoms with Crippen molar-refractivity contribution in [3.05, 3.63) is 54.0 Å². The van der Waals surface area contributed by atoms with Gasteiger partial charge in [0.05, 0.1) is 12.2 Å². The normalized spacial score (nSPS) is 14.3. The SMILES string of the molecule is O=C(NCc1ccc(OC2CCCC2)nc1)NCc1ccccn1. The molecule has 0 spiro atoms. The summed E-state index contributed by atoms with van der Waals surface area (Å²) in [5.74, 6) is 0.658. The van der Waals surface area contributed by atoms with Gasteiger partial charge in [0, 0.05) is 25.0 Å². The fraction of sp³-hybridized carbons (Fsp3) is 0.389. The Morgan fingerprint density at radius 2 is 1.92 bits per heavy atom. The van der Waals surface area contributed by atoms with E-state index in [9.17, 15) is 4.79 Å². The number of amides is 2. The van der Waals surface area contributed by atoms with Crippen LogP contribution in [-0.2, 0) is 13.1 Å². The van der Waals surface area contributed by atoms with Crippen LogP contribution in [0.3, 0.4) is 0 Å². The average Bonchev–Trinajstić information content (AvgIpc) is 3.13. The van der Waals surface area contributed by atoms with Crippen molar-refractivity contribution in [1.82, 2.24) is 20.6 Å². The molecule has 0 unspecified atom stereocenters. The first-order valence-corrected chi connectivity index (χ1v) is 8.33. The van der Waals surface area contributed by atoms with Crippen molar-refractivity contribution in [2.45, 2.75) is 44.9 Å². The molecule has 3 rings (SSSR count). The van der Waals surface area contributed by atoms with Crippen molar-refractivity contribution in [2.24, 2.45) is 0 Å². The molecule has 6 nitrogen and oxygen atoms in total. The number of carbonyl (C=O) groups is 1. The lowest BCUT2D eigenvalue weighted by Crippen LogP contribution is -2.34. The van der Waals surface area contributed by atoms with Crippen molar-refractivity contribution in [2.75, 3.05) is 0 Å². The second-order valence-electron chi connectivity index (χ2n) is 5.89. The molecule has 1 fully saturated rings. The lowest BCUT2D eigenvalue weighted by Gasteiger charge is -2.12. The monoisotopic (exact) mass is 326 g/mol. The molecule has 0 radical (unpaired) electrons. The van der Waals surface area contributed by atoms with Gasteiger partial charge in [-0.2, -0.15) is 0 Å². The number of pyridine rings is 2. The standard InChI is InChI=1S/C18H22N4O2/c23-18(22-13-15-5-3-4-10-19-15)21-12-14-8-9-17(20-11-14)24-16-6-1-2-7-16/h3-5,8-11,16H,1-2,6-7,12-13H2,(H2,21,22,23). The predicted octanol–water partition coefficient (Wildman–Crippen LogP) is 2.80. The maximum absolute atomic E-state index is 11.8. The summed E-state index contributed by atoms with van der Waals surface area (Å²) >= 11 is 0. The van der Waals surface area contributed by atoms with Gasteiger partial charge in [-0.1, -0.05) is 12.1 Å². The Hall–Kier alpha value is -2.63. The fourth-order valence-corrected chi connectivity index (χ4v) is 2.68. The first-order valence-electron chi connectivity index (χ1n) is 8.33. The lowest BCUT2D eigenvalue weighted by atomic mass is 10.3. The molecule has 1 saturated carbocycles. The molecule has 0 aliphatic heterocycles. The van der Waals surface area contributed by atoms with Crippen LogP contribution in [0.5, 0.6) is 5.88 Å². The van der Waals surface area contributed by atoms with E-state index in [-0.39, 0.29) is 6.03 Å². The zero-order valence-corrected chi connectivity index (χ0v) is 13.6. The zero-order valence-electron chi connectivity index (χ0n) is 13.6. The van der Waals surface area contributed by atoms with Crippen LogP contribution in [0.15, 0.2) is 42.7 Å². The summed E-state index contributed by atoms with van der Waals surface area (Å²) in [5.41, 5.74) is 1.75. The summed E-state index contributed by atoms with van der Waals surface area (Å²) in [6.45, 7) is 0.823. The fourth-order valence-electron chi connectivity index (χ4n) is 2.68. The third kappa shape index (κ3) is 4.94. The van der Waals surface area contributed by atoms with Crippen LogP contribution in [0.25, 0.3) is 0 Å². The molecular weight excluding hydrogens is 304 g/mol. The number of urea groups is 1. The molecule has 2 N–H and O–H groups in total. The number of ether oxygens (including phenoxy) is 1. The number of rotatable bonds is 6. The maximum atomic E-state index is 11.8. The number of nitrogens with one attached hydrogen (secondary N) is 2.